The number of aryl methyl sites for hydroxylation is 1. The van der Waals surface area contributed by atoms with E-state index in [2.05, 4.69) is 13.8 Å². The van der Waals surface area contributed by atoms with Gasteiger partial charge in [-0.3, -0.25) is 0 Å². The number of hydrogen-bond acceptors (Lipinski definition) is 4. The van der Waals surface area contributed by atoms with Crippen molar-refractivity contribution in [1.29, 1.82) is 0 Å². The summed E-state index contributed by atoms with van der Waals surface area (Å²) in [4.78, 5) is -0.315. The number of anilines is 1. The average molecular weight is 332 g/mol. The zero-order chi connectivity index (χ0) is 15.8. The first-order valence-corrected chi connectivity index (χ1v) is 9.26. The molecule has 1 aromatic rings. The van der Waals surface area contributed by atoms with Crippen LogP contribution < -0.4 is 5.73 Å². The minimum Gasteiger partial charge on any atom is -0.399 e. The molecule has 0 saturated carbocycles. The Kier molecular flexibility index (Phi) is 4.56. The maximum Gasteiger partial charge on any atom is 0.246 e. The van der Waals surface area contributed by atoms with Gasteiger partial charge in [0.25, 0.3) is 0 Å². The molecule has 0 amide bonds. The second kappa shape index (κ2) is 5.78. The largest absolute Gasteiger partial charge is 0.399 e. The van der Waals surface area contributed by atoms with Gasteiger partial charge in [-0.2, -0.15) is 16.1 Å². The van der Waals surface area contributed by atoms with Crippen LogP contribution in [0.15, 0.2) is 17.0 Å². The minimum atomic E-state index is -3.85. The molecular formula is C14H21FN2O2S2. The van der Waals surface area contributed by atoms with E-state index in [1.165, 1.54) is 23.4 Å². The monoisotopic (exact) mass is 332 g/mol. The van der Waals surface area contributed by atoms with Gasteiger partial charge in [0.2, 0.25) is 10.0 Å². The van der Waals surface area contributed by atoms with Crippen molar-refractivity contribution >= 4 is 27.5 Å². The van der Waals surface area contributed by atoms with Crippen molar-refractivity contribution in [2.75, 3.05) is 24.6 Å². The Morgan fingerprint density at radius 2 is 2.00 bits per heavy atom. The second-order valence-corrected chi connectivity index (χ2v) is 9.62. The lowest BCUT2D eigenvalue weighted by atomic mass is 10.1. The highest BCUT2D eigenvalue weighted by Gasteiger charge is 2.32. The van der Waals surface area contributed by atoms with Crippen LogP contribution in [0.2, 0.25) is 0 Å². The van der Waals surface area contributed by atoms with Gasteiger partial charge in [-0.05, 0) is 31.0 Å². The fraction of sp³-hybridized carbons (Fsp3) is 0.571. The van der Waals surface area contributed by atoms with Crippen molar-refractivity contribution in [3.63, 3.8) is 0 Å². The Morgan fingerprint density at radius 3 is 2.67 bits per heavy atom. The molecule has 2 N–H and O–H groups in total. The molecule has 0 aromatic heterocycles. The highest BCUT2D eigenvalue weighted by atomic mass is 32.2. The van der Waals surface area contributed by atoms with E-state index >= 15 is 0 Å². The second-order valence-electron chi connectivity index (χ2n) is 5.91. The van der Waals surface area contributed by atoms with Gasteiger partial charge in [-0.1, -0.05) is 13.8 Å². The fourth-order valence-corrected chi connectivity index (χ4v) is 5.16. The van der Waals surface area contributed by atoms with E-state index in [1.54, 1.807) is 11.8 Å². The number of rotatable bonds is 2. The average Bonchev–Trinajstić information content (AvgIpc) is 2.55. The van der Waals surface area contributed by atoms with Crippen LogP contribution >= 0.6 is 11.8 Å². The molecule has 1 saturated heterocycles. The molecule has 2 rings (SSSR count). The Hall–Kier alpha value is -0.790. The molecule has 1 heterocycles. The van der Waals surface area contributed by atoms with Crippen LogP contribution in [-0.2, 0) is 10.0 Å². The van der Waals surface area contributed by atoms with Gasteiger partial charge < -0.3 is 5.73 Å². The number of sulfonamides is 1. The van der Waals surface area contributed by atoms with E-state index < -0.39 is 15.8 Å². The zero-order valence-corrected chi connectivity index (χ0v) is 14.2. The van der Waals surface area contributed by atoms with E-state index in [1.807, 2.05) is 0 Å². The summed E-state index contributed by atoms with van der Waals surface area (Å²) in [6, 6.07) is 2.65. The third-order valence-electron chi connectivity index (χ3n) is 3.66. The molecule has 4 nitrogen and oxygen atoms in total. The Balaban J connectivity index is 2.39. The molecule has 1 aromatic carbocycles. The number of halogens is 1. The fourth-order valence-electron chi connectivity index (χ4n) is 2.33. The molecule has 0 bridgehead atoms. The minimum absolute atomic E-state index is 0.0362. The highest BCUT2D eigenvalue weighted by molar-refractivity contribution is 8.00. The van der Waals surface area contributed by atoms with Crippen molar-refractivity contribution in [3.8, 4) is 0 Å². The third kappa shape index (κ3) is 3.52. The van der Waals surface area contributed by atoms with Crippen molar-refractivity contribution in [3.05, 3.63) is 23.5 Å². The summed E-state index contributed by atoms with van der Waals surface area (Å²) < 4.78 is 41.0. The lowest BCUT2D eigenvalue weighted by Crippen LogP contribution is -2.34. The van der Waals surface area contributed by atoms with Gasteiger partial charge >= 0.3 is 0 Å². The predicted molar refractivity (Wildman–Crippen MR) is 85.5 cm³/mol. The quantitative estimate of drug-likeness (QED) is 0.846. The molecule has 1 aliphatic heterocycles. The normalized spacial score (nSPS) is 20.2. The van der Waals surface area contributed by atoms with Gasteiger partial charge in [0.05, 0.1) is 0 Å². The summed E-state index contributed by atoms with van der Waals surface area (Å²) in [5.74, 6) is -0.00448. The molecule has 0 atom stereocenters. The van der Waals surface area contributed by atoms with Crippen LogP contribution in [0.5, 0.6) is 0 Å². The van der Waals surface area contributed by atoms with Crippen LogP contribution in [0, 0.1) is 12.7 Å². The predicted octanol–water partition coefficient (Wildman–Crippen LogP) is 2.62. The standard InChI is InChI=1S/C14H21FN2O2S2/c1-10-8-11(16)9-12(13(10)15)21(18,19)17-5-4-14(2,3)20-7-6-17/h8-9H,4-7,16H2,1-3H3. The molecular weight excluding hydrogens is 311 g/mol. The number of benzene rings is 1. The molecule has 21 heavy (non-hydrogen) atoms. The van der Waals surface area contributed by atoms with Crippen LogP contribution in [-0.4, -0.2) is 36.3 Å². The van der Waals surface area contributed by atoms with Crippen LogP contribution in [0.4, 0.5) is 10.1 Å². The van der Waals surface area contributed by atoms with Crippen LogP contribution in [0.25, 0.3) is 0 Å². The molecule has 0 radical (unpaired) electrons. The maximum atomic E-state index is 14.2. The first-order chi connectivity index (χ1) is 9.63. The smallest absolute Gasteiger partial charge is 0.246 e. The summed E-state index contributed by atoms with van der Waals surface area (Å²) in [6.07, 6.45) is 0.736. The van der Waals surface area contributed by atoms with Crippen molar-refractivity contribution in [2.24, 2.45) is 0 Å². The summed E-state index contributed by atoms with van der Waals surface area (Å²) in [6.45, 7) is 6.50. The summed E-state index contributed by atoms with van der Waals surface area (Å²) in [5.41, 5.74) is 6.18. The van der Waals surface area contributed by atoms with Crippen molar-refractivity contribution in [1.82, 2.24) is 4.31 Å². The number of nitrogen functional groups attached to an aromatic ring is 1. The first kappa shape index (κ1) is 16.6. The van der Waals surface area contributed by atoms with E-state index in [4.69, 9.17) is 5.73 Å². The topological polar surface area (TPSA) is 63.4 Å². The van der Waals surface area contributed by atoms with Gasteiger partial charge in [0.15, 0.2) is 0 Å². The molecule has 7 heteroatoms. The van der Waals surface area contributed by atoms with Gasteiger partial charge in [-0.15, -0.1) is 0 Å². The Morgan fingerprint density at radius 1 is 1.33 bits per heavy atom. The SMILES string of the molecule is Cc1cc(N)cc(S(=O)(=O)N2CCSC(C)(C)CC2)c1F. The van der Waals surface area contributed by atoms with E-state index in [-0.39, 0.29) is 20.9 Å². The number of nitrogens with two attached hydrogens (primary N) is 1. The van der Waals surface area contributed by atoms with Crippen LogP contribution in [0.3, 0.4) is 0 Å². The summed E-state index contributed by atoms with van der Waals surface area (Å²) in [5, 5.41) is 0. The lowest BCUT2D eigenvalue weighted by Gasteiger charge is -2.23. The van der Waals surface area contributed by atoms with Gasteiger partial charge in [0.1, 0.15) is 10.7 Å². The van der Waals surface area contributed by atoms with Crippen LogP contribution in [0.1, 0.15) is 25.8 Å². The molecule has 118 valence electrons. The number of thioether (sulfide) groups is 1. The lowest BCUT2D eigenvalue weighted by molar-refractivity contribution is 0.411. The first-order valence-electron chi connectivity index (χ1n) is 6.83. The van der Waals surface area contributed by atoms with Crippen molar-refractivity contribution in [2.45, 2.75) is 36.8 Å². The number of hydrogen-bond donors (Lipinski definition) is 1. The summed E-state index contributed by atoms with van der Waals surface area (Å²) >= 11 is 1.74. The zero-order valence-electron chi connectivity index (χ0n) is 12.5. The third-order valence-corrected chi connectivity index (χ3v) is 6.93. The van der Waals surface area contributed by atoms with E-state index in [0.717, 1.165) is 6.42 Å². The maximum absolute atomic E-state index is 14.2. The number of nitrogens with zero attached hydrogens (tertiary/aromatic N) is 1. The molecule has 0 aliphatic carbocycles. The van der Waals surface area contributed by atoms with Crippen molar-refractivity contribution < 1.29 is 12.8 Å². The van der Waals surface area contributed by atoms with E-state index in [9.17, 15) is 12.8 Å². The highest BCUT2D eigenvalue weighted by Crippen LogP contribution is 2.33. The Bertz CT molecular complexity index is 645. The Labute approximate surface area is 129 Å². The van der Waals surface area contributed by atoms with E-state index in [0.29, 0.717) is 18.8 Å². The van der Waals surface area contributed by atoms with Gasteiger partial charge in [-0.25, -0.2) is 12.8 Å². The molecule has 1 fully saturated rings. The summed E-state index contributed by atoms with van der Waals surface area (Å²) in [7, 11) is -3.85. The van der Waals surface area contributed by atoms with Gasteiger partial charge in [0, 0.05) is 29.3 Å². The molecule has 0 unspecified atom stereocenters. The molecule has 1 aliphatic rings. The molecule has 0 spiro atoms.